The van der Waals surface area contributed by atoms with Crippen molar-refractivity contribution in [3.05, 3.63) is 0 Å². The Hall–Kier alpha value is -0.530. The Labute approximate surface area is 61.6 Å². The first-order valence-corrected chi connectivity index (χ1v) is 3.90. The maximum absolute atomic E-state index is 11.0. The van der Waals surface area contributed by atoms with Crippen LogP contribution in [-0.4, -0.2) is 12.1 Å². The van der Waals surface area contributed by atoms with Crippen molar-refractivity contribution in [1.82, 2.24) is 0 Å². The van der Waals surface area contributed by atoms with Gasteiger partial charge in [0.05, 0.1) is 12.0 Å². The van der Waals surface area contributed by atoms with E-state index >= 15 is 0 Å². The first-order valence-electron chi connectivity index (χ1n) is 3.90. The summed E-state index contributed by atoms with van der Waals surface area (Å²) in [6, 6.07) is 0. The molecule has 0 unspecified atom stereocenters. The lowest BCUT2D eigenvalue weighted by atomic mass is 10.1. The number of cyclic esters (lactones) is 1. The molecule has 0 aromatic carbocycles. The summed E-state index contributed by atoms with van der Waals surface area (Å²) in [4.78, 5) is 11.0. The third kappa shape index (κ3) is 1.72. The minimum Gasteiger partial charge on any atom is -0.462 e. The van der Waals surface area contributed by atoms with Gasteiger partial charge in [-0.15, -0.1) is 0 Å². The van der Waals surface area contributed by atoms with E-state index in [1.165, 1.54) is 0 Å². The molecule has 58 valence electrons. The van der Waals surface area contributed by atoms with Crippen molar-refractivity contribution in [2.24, 2.45) is 5.92 Å². The van der Waals surface area contributed by atoms with Crippen LogP contribution in [0.1, 0.15) is 33.1 Å². The minimum atomic E-state index is -0.0231. The van der Waals surface area contributed by atoms with E-state index in [1.807, 2.05) is 13.8 Å². The van der Waals surface area contributed by atoms with Crippen LogP contribution in [0.4, 0.5) is 0 Å². The van der Waals surface area contributed by atoms with Gasteiger partial charge in [0.2, 0.25) is 0 Å². The highest BCUT2D eigenvalue weighted by molar-refractivity contribution is 5.72. The van der Waals surface area contributed by atoms with E-state index < -0.39 is 0 Å². The highest BCUT2D eigenvalue weighted by atomic mass is 16.5. The molecule has 10 heavy (non-hydrogen) atoms. The van der Waals surface area contributed by atoms with E-state index in [4.69, 9.17) is 4.74 Å². The van der Waals surface area contributed by atoms with Crippen LogP contribution in [0.2, 0.25) is 0 Å². The van der Waals surface area contributed by atoms with Crippen molar-refractivity contribution >= 4 is 5.97 Å². The number of esters is 1. The minimum absolute atomic E-state index is 0.0231. The molecule has 2 nitrogen and oxygen atoms in total. The van der Waals surface area contributed by atoms with Crippen molar-refractivity contribution in [2.75, 3.05) is 0 Å². The third-order valence-electron chi connectivity index (χ3n) is 1.97. The van der Waals surface area contributed by atoms with Gasteiger partial charge in [-0.1, -0.05) is 6.92 Å². The molecule has 2 atom stereocenters. The Morgan fingerprint density at radius 1 is 1.40 bits per heavy atom. The van der Waals surface area contributed by atoms with Crippen LogP contribution in [0.5, 0.6) is 0 Å². The Bertz CT molecular complexity index is 131. The molecule has 0 N–H and O–H groups in total. The normalized spacial score (nSPS) is 34.8. The lowest BCUT2D eigenvalue weighted by Gasteiger charge is -2.08. The fourth-order valence-corrected chi connectivity index (χ4v) is 1.20. The summed E-state index contributed by atoms with van der Waals surface area (Å²) >= 11 is 0. The van der Waals surface area contributed by atoms with Gasteiger partial charge < -0.3 is 4.74 Å². The molecular weight excluding hydrogens is 128 g/mol. The monoisotopic (exact) mass is 142 g/mol. The van der Waals surface area contributed by atoms with Crippen LogP contribution >= 0.6 is 0 Å². The average molecular weight is 142 g/mol. The molecule has 1 saturated heterocycles. The number of rotatable bonds is 0. The molecule has 0 bridgehead atoms. The molecule has 1 fully saturated rings. The molecule has 0 spiro atoms. The third-order valence-corrected chi connectivity index (χ3v) is 1.97. The Kier molecular flexibility index (Phi) is 2.30. The Morgan fingerprint density at radius 3 is 2.80 bits per heavy atom. The zero-order valence-corrected chi connectivity index (χ0v) is 6.59. The van der Waals surface area contributed by atoms with E-state index in [0.29, 0.717) is 0 Å². The van der Waals surface area contributed by atoms with E-state index in [9.17, 15) is 4.79 Å². The molecule has 0 saturated carbocycles. The summed E-state index contributed by atoms with van der Waals surface area (Å²) in [6.07, 6.45) is 3.27. The molecule has 0 aromatic heterocycles. The lowest BCUT2D eigenvalue weighted by molar-refractivity contribution is -0.151. The first-order chi connectivity index (χ1) is 4.70. The summed E-state index contributed by atoms with van der Waals surface area (Å²) in [5.74, 6) is 0.0925. The fourth-order valence-electron chi connectivity index (χ4n) is 1.20. The molecule has 1 rings (SSSR count). The van der Waals surface area contributed by atoms with Gasteiger partial charge in [0.1, 0.15) is 0 Å². The molecule has 0 aliphatic carbocycles. The quantitative estimate of drug-likeness (QED) is 0.481. The van der Waals surface area contributed by atoms with E-state index in [2.05, 4.69) is 0 Å². The number of hydrogen-bond donors (Lipinski definition) is 0. The van der Waals surface area contributed by atoms with Gasteiger partial charge in [0.25, 0.3) is 0 Å². The highest BCUT2D eigenvalue weighted by Gasteiger charge is 2.20. The summed E-state index contributed by atoms with van der Waals surface area (Å²) in [5.41, 5.74) is 0. The Morgan fingerprint density at radius 2 is 2.10 bits per heavy atom. The lowest BCUT2D eigenvalue weighted by Crippen LogP contribution is -2.16. The maximum atomic E-state index is 11.0. The smallest absolute Gasteiger partial charge is 0.308 e. The molecule has 1 heterocycles. The van der Waals surface area contributed by atoms with Gasteiger partial charge in [-0.2, -0.15) is 0 Å². The van der Waals surface area contributed by atoms with Crippen molar-refractivity contribution in [3.63, 3.8) is 0 Å². The van der Waals surface area contributed by atoms with E-state index in [-0.39, 0.29) is 18.0 Å². The molecular formula is C8H14O2. The van der Waals surface area contributed by atoms with Gasteiger partial charge in [-0.3, -0.25) is 4.79 Å². The Balaban J connectivity index is 2.49. The van der Waals surface area contributed by atoms with Crippen molar-refractivity contribution in [3.8, 4) is 0 Å². The first kappa shape index (κ1) is 7.58. The number of carbonyl (C=O) groups excluding carboxylic acids is 1. The van der Waals surface area contributed by atoms with Crippen molar-refractivity contribution < 1.29 is 9.53 Å². The van der Waals surface area contributed by atoms with Crippen LogP contribution in [0, 0.1) is 5.92 Å². The molecule has 0 aromatic rings. The average Bonchev–Trinajstić information content (AvgIpc) is 1.96. The maximum Gasteiger partial charge on any atom is 0.308 e. The molecule has 0 radical (unpaired) electrons. The van der Waals surface area contributed by atoms with Gasteiger partial charge in [-0.05, 0) is 26.2 Å². The van der Waals surface area contributed by atoms with Crippen LogP contribution in [0.3, 0.4) is 0 Å². The summed E-state index contributed by atoms with van der Waals surface area (Å²) in [5, 5.41) is 0. The number of hydrogen-bond acceptors (Lipinski definition) is 2. The summed E-state index contributed by atoms with van der Waals surface area (Å²) < 4.78 is 5.08. The summed E-state index contributed by atoms with van der Waals surface area (Å²) in [7, 11) is 0. The molecule has 0 amide bonds. The topological polar surface area (TPSA) is 26.3 Å². The number of carbonyl (C=O) groups is 1. The van der Waals surface area contributed by atoms with Crippen LogP contribution < -0.4 is 0 Å². The van der Waals surface area contributed by atoms with Crippen LogP contribution in [0.15, 0.2) is 0 Å². The zero-order chi connectivity index (χ0) is 7.56. The van der Waals surface area contributed by atoms with E-state index in [0.717, 1.165) is 19.3 Å². The largest absolute Gasteiger partial charge is 0.462 e. The van der Waals surface area contributed by atoms with Gasteiger partial charge >= 0.3 is 5.97 Å². The van der Waals surface area contributed by atoms with Crippen molar-refractivity contribution in [2.45, 2.75) is 39.2 Å². The standard InChI is InChI=1S/C8H14O2/c1-6-4-3-5-7(2)10-8(6)9/h6-7H,3-5H2,1-2H3/t6-,7+/m0/s1. The van der Waals surface area contributed by atoms with E-state index in [1.54, 1.807) is 0 Å². The fraction of sp³-hybridized carbons (Fsp3) is 0.875. The van der Waals surface area contributed by atoms with Gasteiger partial charge in [0, 0.05) is 0 Å². The predicted octanol–water partition coefficient (Wildman–Crippen LogP) is 1.74. The molecule has 1 aliphatic heterocycles. The highest BCUT2D eigenvalue weighted by Crippen LogP contribution is 2.18. The van der Waals surface area contributed by atoms with Crippen LogP contribution in [0.25, 0.3) is 0 Å². The van der Waals surface area contributed by atoms with Crippen molar-refractivity contribution in [1.29, 1.82) is 0 Å². The van der Waals surface area contributed by atoms with Gasteiger partial charge in [0.15, 0.2) is 0 Å². The second-order valence-electron chi connectivity index (χ2n) is 3.08. The summed E-state index contributed by atoms with van der Waals surface area (Å²) in [6.45, 7) is 3.89. The number of ether oxygens (including phenoxy) is 1. The van der Waals surface area contributed by atoms with Gasteiger partial charge in [-0.25, -0.2) is 0 Å². The second-order valence-corrected chi connectivity index (χ2v) is 3.08. The predicted molar refractivity (Wildman–Crippen MR) is 38.6 cm³/mol. The van der Waals surface area contributed by atoms with Crippen LogP contribution in [-0.2, 0) is 9.53 Å². The molecule has 2 heteroatoms. The second kappa shape index (κ2) is 3.04. The molecule has 1 aliphatic rings. The SMILES string of the molecule is C[C@@H]1CCC[C@H](C)C(=O)O1. The zero-order valence-electron chi connectivity index (χ0n) is 6.59.